The molecule has 2 aliphatic rings. The summed E-state index contributed by atoms with van der Waals surface area (Å²) in [4.78, 5) is 2.29. The standard InChI is InChI=1S/C10H19NO3/c12-7-9(13)6-11-4-1-2-10(11)3-5-14-8-10/h9,12-13H,1-8H2. The van der Waals surface area contributed by atoms with E-state index in [4.69, 9.17) is 9.84 Å². The smallest absolute Gasteiger partial charge is 0.0897 e. The van der Waals surface area contributed by atoms with Crippen molar-refractivity contribution in [2.75, 3.05) is 32.9 Å². The predicted molar refractivity (Wildman–Crippen MR) is 52.1 cm³/mol. The number of nitrogens with zero attached hydrogens (tertiary/aromatic N) is 1. The molecular formula is C10H19NO3. The van der Waals surface area contributed by atoms with Crippen molar-refractivity contribution < 1.29 is 14.9 Å². The van der Waals surface area contributed by atoms with E-state index in [1.807, 2.05) is 0 Å². The number of likely N-dealkylation sites (tertiary alicyclic amines) is 1. The zero-order chi connectivity index (χ0) is 10.0. The Morgan fingerprint density at radius 3 is 2.93 bits per heavy atom. The van der Waals surface area contributed by atoms with Crippen LogP contribution in [0.5, 0.6) is 0 Å². The van der Waals surface area contributed by atoms with Gasteiger partial charge in [0.1, 0.15) is 0 Å². The lowest BCUT2D eigenvalue weighted by atomic mass is 9.95. The Hall–Kier alpha value is -0.160. The predicted octanol–water partition coefficient (Wildman–Crippen LogP) is -0.406. The molecule has 2 aliphatic heterocycles. The Morgan fingerprint density at radius 2 is 2.29 bits per heavy atom. The van der Waals surface area contributed by atoms with Crippen LogP contribution in [0.4, 0.5) is 0 Å². The first-order valence-electron chi connectivity index (χ1n) is 5.38. The van der Waals surface area contributed by atoms with Gasteiger partial charge < -0.3 is 14.9 Å². The molecule has 4 heteroatoms. The lowest BCUT2D eigenvalue weighted by molar-refractivity contribution is 0.0248. The number of aliphatic hydroxyl groups excluding tert-OH is 2. The van der Waals surface area contributed by atoms with Crippen LogP contribution in [-0.4, -0.2) is 59.7 Å². The highest BCUT2D eigenvalue weighted by Crippen LogP contribution is 2.36. The number of ether oxygens (including phenoxy) is 1. The van der Waals surface area contributed by atoms with Crippen LogP contribution in [-0.2, 0) is 4.74 Å². The molecule has 2 N–H and O–H groups in total. The minimum atomic E-state index is -0.606. The molecule has 0 amide bonds. The quantitative estimate of drug-likeness (QED) is 0.652. The third kappa shape index (κ3) is 1.80. The molecule has 2 unspecified atom stereocenters. The molecule has 4 nitrogen and oxygen atoms in total. The summed E-state index contributed by atoms with van der Waals surface area (Å²) < 4.78 is 5.44. The lowest BCUT2D eigenvalue weighted by Crippen LogP contribution is -2.48. The molecule has 0 aliphatic carbocycles. The summed E-state index contributed by atoms with van der Waals surface area (Å²) in [6, 6.07) is 0. The summed E-state index contributed by atoms with van der Waals surface area (Å²) in [6.07, 6.45) is 2.82. The van der Waals surface area contributed by atoms with Crippen molar-refractivity contribution in [1.29, 1.82) is 0 Å². The lowest BCUT2D eigenvalue weighted by Gasteiger charge is -2.34. The Labute approximate surface area is 84.5 Å². The molecule has 14 heavy (non-hydrogen) atoms. The maximum Gasteiger partial charge on any atom is 0.0897 e. The fourth-order valence-corrected chi connectivity index (χ4v) is 2.63. The van der Waals surface area contributed by atoms with Crippen molar-refractivity contribution in [3.05, 3.63) is 0 Å². The van der Waals surface area contributed by atoms with Crippen LogP contribution in [0.2, 0.25) is 0 Å². The summed E-state index contributed by atoms with van der Waals surface area (Å²) in [7, 11) is 0. The minimum Gasteiger partial charge on any atom is -0.394 e. The fourth-order valence-electron chi connectivity index (χ4n) is 2.63. The van der Waals surface area contributed by atoms with E-state index in [1.165, 1.54) is 12.8 Å². The molecule has 0 aromatic heterocycles. The van der Waals surface area contributed by atoms with Gasteiger partial charge >= 0.3 is 0 Å². The molecule has 2 rings (SSSR count). The van der Waals surface area contributed by atoms with Crippen molar-refractivity contribution in [1.82, 2.24) is 4.90 Å². The fraction of sp³-hybridized carbons (Fsp3) is 1.00. The average molecular weight is 201 g/mol. The first kappa shape index (κ1) is 10.4. The molecule has 2 saturated heterocycles. The first-order valence-corrected chi connectivity index (χ1v) is 5.38. The van der Waals surface area contributed by atoms with E-state index in [0.717, 1.165) is 26.2 Å². The Balaban J connectivity index is 1.96. The largest absolute Gasteiger partial charge is 0.394 e. The molecule has 1 spiro atoms. The molecule has 0 bridgehead atoms. The van der Waals surface area contributed by atoms with Crippen molar-refractivity contribution in [3.8, 4) is 0 Å². The molecule has 82 valence electrons. The van der Waals surface area contributed by atoms with Crippen LogP contribution in [0.15, 0.2) is 0 Å². The highest BCUT2D eigenvalue weighted by atomic mass is 16.5. The topological polar surface area (TPSA) is 52.9 Å². The molecule has 0 radical (unpaired) electrons. The van der Waals surface area contributed by atoms with Crippen molar-refractivity contribution in [3.63, 3.8) is 0 Å². The molecule has 0 aromatic rings. The van der Waals surface area contributed by atoms with E-state index in [9.17, 15) is 5.11 Å². The zero-order valence-electron chi connectivity index (χ0n) is 8.48. The third-order valence-electron chi connectivity index (χ3n) is 3.47. The van der Waals surface area contributed by atoms with Gasteiger partial charge in [-0.25, -0.2) is 0 Å². The Bertz CT molecular complexity index is 186. The van der Waals surface area contributed by atoms with Gasteiger partial charge in [-0.3, -0.25) is 4.90 Å². The van der Waals surface area contributed by atoms with Crippen LogP contribution < -0.4 is 0 Å². The monoisotopic (exact) mass is 201 g/mol. The number of hydrogen-bond acceptors (Lipinski definition) is 4. The van der Waals surface area contributed by atoms with Gasteiger partial charge in [0.25, 0.3) is 0 Å². The van der Waals surface area contributed by atoms with Crippen LogP contribution in [0.1, 0.15) is 19.3 Å². The van der Waals surface area contributed by atoms with Gasteiger partial charge in [0, 0.05) is 18.7 Å². The maximum absolute atomic E-state index is 9.43. The van der Waals surface area contributed by atoms with Crippen molar-refractivity contribution in [2.45, 2.75) is 30.9 Å². The molecule has 2 heterocycles. The number of β-amino-alcohol motifs (C(OH)–C–C–N with tert-alkyl or cyclic N) is 1. The summed E-state index contributed by atoms with van der Waals surface area (Å²) in [5, 5.41) is 18.2. The number of rotatable bonds is 3. The average Bonchev–Trinajstić information content (AvgIpc) is 2.79. The van der Waals surface area contributed by atoms with E-state index in [0.29, 0.717) is 6.54 Å². The highest BCUT2D eigenvalue weighted by Gasteiger charge is 2.44. The molecule has 2 atom stereocenters. The zero-order valence-corrected chi connectivity index (χ0v) is 8.48. The van der Waals surface area contributed by atoms with Gasteiger partial charge in [-0.15, -0.1) is 0 Å². The van der Waals surface area contributed by atoms with Crippen LogP contribution in [0, 0.1) is 0 Å². The van der Waals surface area contributed by atoms with Gasteiger partial charge in [-0.2, -0.15) is 0 Å². The van der Waals surface area contributed by atoms with Gasteiger partial charge in [0.15, 0.2) is 0 Å². The van der Waals surface area contributed by atoms with E-state index in [1.54, 1.807) is 0 Å². The van der Waals surface area contributed by atoms with Crippen LogP contribution in [0.3, 0.4) is 0 Å². The second-order valence-electron chi connectivity index (χ2n) is 4.41. The van der Waals surface area contributed by atoms with E-state index >= 15 is 0 Å². The Kier molecular flexibility index (Phi) is 3.07. The van der Waals surface area contributed by atoms with Gasteiger partial charge in [0.2, 0.25) is 0 Å². The summed E-state index contributed by atoms with van der Waals surface area (Å²) in [6.45, 7) is 3.10. The summed E-state index contributed by atoms with van der Waals surface area (Å²) in [5.74, 6) is 0. The molecule has 0 saturated carbocycles. The second kappa shape index (κ2) is 4.14. The number of aliphatic hydroxyl groups is 2. The molecule has 0 aromatic carbocycles. The van der Waals surface area contributed by atoms with Gasteiger partial charge in [-0.1, -0.05) is 0 Å². The normalized spacial score (nSPS) is 35.6. The molecule has 2 fully saturated rings. The van der Waals surface area contributed by atoms with Gasteiger partial charge in [-0.05, 0) is 25.8 Å². The maximum atomic E-state index is 9.43. The summed E-state index contributed by atoms with van der Waals surface area (Å²) >= 11 is 0. The van der Waals surface area contributed by atoms with E-state index < -0.39 is 6.10 Å². The highest BCUT2D eigenvalue weighted by molar-refractivity contribution is 4.98. The SMILES string of the molecule is OCC(O)CN1CCCC12CCOC2. The van der Waals surface area contributed by atoms with Crippen molar-refractivity contribution in [2.24, 2.45) is 0 Å². The third-order valence-corrected chi connectivity index (χ3v) is 3.47. The van der Waals surface area contributed by atoms with Crippen molar-refractivity contribution >= 4 is 0 Å². The minimum absolute atomic E-state index is 0.145. The van der Waals surface area contributed by atoms with E-state index in [-0.39, 0.29) is 12.1 Å². The summed E-state index contributed by atoms with van der Waals surface area (Å²) in [5.41, 5.74) is 0.177. The van der Waals surface area contributed by atoms with Crippen LogP contribution >= 0.6 is 0 Å². The first-order chi connectivity index (χ1) is 6.77. The van der Waals surface area contributed by atoms with E-state index in [2.05, 4.69) is 4.90 Å². The molecular weight excluding hydrogens is 182 g/mol. The van der Waals surface area contributed by atoms with Gasteiger partial charge in [0.05, 0.1) is 19.3 Å². The Morgan fingerprint density at radius 1 is 1.43 bits per heavy atom. The van der Waals surface area contributed by atoms with Crippen LogP contribution in [0.25, 0.3) is 0 Å². The number of hydrogen-bond donors (Lipinski definition) is 2. The second-order valence-corrected chi connectivity index (χ2v) is 4.41.